The zero-order valence-corrected chi connectivity index (χ0v) is 8.12. The Morgan fingerprint density at radius 2 is 2.14 bits per heavy atom. The van der Waals surface area contributed by atoms with Gasteiger partial charge < -0.3 is 4.42 Å². The van der Waals surface area contributed by atoms with E-state index in [4.69, 9.17) is 4.42 Å². The molecule has 0 atom stereocenters. The third kappa shape index (κ3) is 1.43. The maximum Gasteiger partial charge on any atom is 0.198 e. The number of hydrogen-bond donors (Lipinski definition) is 0. The molecular formula is C12H12O2. The lowest BCUT2D eigenvalue weighted by atomic mass is 10.1. The lowest BCUT2D eigenvalue weighted by Gasteiger charge is -1.94. The summed E-state index contributed by atoms with van der Waals surface area (Å²) in [5.41, 5.74) is 0. The predicted octanol–water partition coefficient (Wildman–Crippen LogP) is 3.42. The largest absolute Gasteiger partial charge is 0.460 e. The molecule has 0 aliphatic carbocycles. The molecule has 0 N–H and O–H groups in total. The second kappa shape index (κ2) is 3.66. The van der Waals surface area contributed by atoms with Gasteiger partial charge in [-0.15, -0.1) is 0 Å². The lowest BCUT2D eigenvalue weighted by molar-refractivity contribution is 0.0957. The Kier molecular flexibility index (Phi) is 2.35. The maximum atomic E-state index is 11.6. The Bertz CT molecular complexity index is 454. The molecule has 0 saturated carbocycles. The molecule has 2 aromatic rings. The molecule has 0 bridgehead atoms. The quantitative estimate of drug-likeness (QED) is 0.691. The second-order valence-electron chi connectivity index (χ2n) is 3.33. The van der Waals surface area contributed by atoms with Gasteiger partial charge in [0, 0.05) is 17.2 Å². The highest BCUT2D eigenvalue weighted by Gasteiger charge is 2.12. The summed E-state index contributed by atoms with van der Waals surface area (Å²) in [5, 5.41) is 1.91. The summed E-state index contributed by atoms with van der Waals surface area (Å²) in [7, 11) is 0. The number of carbonyl (C=O) groups is 1. The highest BCUT2D eigenvalue weighted by atomic mass is 16.3. The van der Waals surface area contributed by atoms with Crippen LogP contribution in [0.2, 0.25) is 0 Å². The van der Waals surface area contributed by atoms with Crippen molar-refractivity contribution < 1.29 is 9.21 Å². The molecular weight excluding hydrogens is 176 g/mol. The van der Waals surface area contributed by atoms with Crippen LogP contribution in [-0.2, 0) is 0 Å². The van der Waals surface area contributed by atoms with Crippen LogP contribution in [0.1, 0.15) is 30.3 Å². The van der Waals surface area contributed by atoms with Crippen molar-refractivity contribution in [3.8, 4) is 0 Å². The van der Waals surface area contributed by atoms with Crippen LogP contribution in [0, 0.1) is 0 Å². The van der Waals surface area contributed by atoms with Gasteiger partial charge in [-0.1, -0.05) is 31.2 Å². The van der Waals surface area contributed by atoms with Crippen molar-refractivity contribution in [2.75, 3.05) is 0 Å². The van der Waals surface area contributed by atoms with Gasteiger partial charge in [0.25, 0.3) is 0 Å². The van der Waals surface area contributed by atoms with Crippen molar-refractivity contribution >= 4 is 16.6 Å². The van der Waals surface area contributed by atoms with Gasteiger partial charge in [-0.3, -0.25) is 4.79 Å². The highest BCUT2D eigenvalue weighted by Crippen LogP contribution is 2.22. The van der Waals surface area contributed by atoms with Gasteiger partial charge in [0.15, 0.2) is 11.5 Å². The summed E-state index contributed by atoms with van der Waals surface area (Å²) < 4.78 is 5.28. The summed E-state index contributed by atoms with van der Waals surface area (Å²) in [6.45, 7) is 1.99. The maximum absolute atomic E-state index is 11.6. The fourth-order valence-electron chi connectivity index (χ4n) is 1.55. The number of Topliss-reactive ketones (excluding diaryl/α,β-unsaturated/α-hetero) is 1. The van der Waals surface area contributed by atoms with Gasteiger partial charge in [0.2, 0.25) is 0 Å². The van der Waals surface area contributed by atoms with Gasteiger partial charge >= 0.3 is 0 Å². The molecule has 2 rings (SSSR count). The molecule has 72 valence electrons. The smallest absolute Gasteiger partial charge is 0.198 e. The zero-order chi connectivity index (χ0) is 9.97. The van der Waals surface area contributed by atoms with E-state index >= 15 is 0 Å². The molecule has 0 unspecified atom stereocenters. The first-order chi connectivity index (χ1) is 6.83. The van der Waals surface area contributed by atoms with Crippen molar-refractivity contribution in [2.24, 2.45) is 0 Å². The van der Waals surface area contributed by atoms with Gasteiger partial charge in [0.05, 0.1) is 6.26 Å². The molecule has 0 fully saturated rings. The molecule has 14 heavy (non-hydrogen) atoms. The third-order valence-electron chi connectivity index (χ3n) is 2.24. The molecule has 0 aliphatic heterocycles. The Hall–Kier alpha value is -1.57. The first kappa shape index (κ1) is 9.00. The van der Waals surface area contributed by atoms with Gasteiger partial charge in [-0.25, -0.2) is 0 Å². The monoisotopic (exact) mass is 188 g/mol. The van der Waals surface area contributed by atoms with E-state index in [0.29, 0.717) is 12.2 Å². The molecule has 0 radical (unpaired) electrons. The Labute approximate surface area is 82.5 Å². The fraction of sp³-hybridized carbons (Fsp3) is 0.250. The Balaban J connectivity index is 2.47. The molecule has 1 aromatic carbocycles. The number of ketones is 1. The van der Waals surface area contributed by atoms with E-state index in [0.717, 1.165) is 17.2 Å². The van der Waals surface area contributed by atoms with Crippen LogP contribution in [-0.4, -0.2) is 5.78 Å². The molecule has 0 amide bonds. The summed E-state index contributed by atoms with van der Waals surface area (Å²) >= 11 is 0. The minimum atomic E-state index is 0.0914. The average molecular weight is 188 g/mol. The van der Waals surface area contributed by atoms with E-state index in [1.807, 2.05) is 31.2 Å². The van der Waals surface area contributed by atoms with E-state index in [-0.39, 0.29) is 5.78 Å². The van der Waals surface area contributed by atoms with E-state index in [1.54, 1.807) is 6.26 Å². The Morgan fingerprint density at radius 3 is 2.93 bits per heavy atom. The molecule has 0 spiro atoms. The van der Waals surface area contributed by atoms with Crippen molar-refractivity contribution in [3.05, 3.63) is 36.3 Å². The van der Waals surface area contributed by atoms with Gasteiger partial charge in [0.1, 0.15) is 0 Å². The van der Waals surface area contributed by atoms with Crippen LogP contribution in [0.3, 0.4) is 0 Å². The zero-order valence-electron chi connectivity index (χ0n) is 8.12. The van der Waals surface area contributed by atoms with E-state index in [2.05, 4.69) is 0 Å². The van der Waals surface area contributed by atoms with E-state index in [1.165, 1.54) is 0 Å². The standard InChI is InChI=1S/C12H12O2/c1-2-5-11(13)12-10-7-4-3-6-9(10)8-14-12/h3-4,6-8H,2,5H2,1H3. The number of fused-ring (bicyclic) bond motifs is 1. The first-order valence-electron chi connectivity index (χ1n) is 4.82. The SMILES string of the molecule is CCCC(=O)c1occ2ccccc12. The normalized spacial score (nSPS) is 10.6. The first-order valence-corrected chi connectivity index (χ1v) is 4.82. The molecule has 1 heterocycles. The average Bonchev–Trinajstić information content (AvgIpc) is 2.61. The highest BCUT2D eigenvalue weighted by molar-refractivity contribution is 6.05. The van der Waals surface area contributed by atoms with Crippen molar-refractivity contribution in [2.45, 2.75) is 19.8 Å². The van der Waals surface area contributed by atoms with Crippen molar-refractivity contribution in [1.82, 2.24) is 0 Å². The van der Waals surface area contributed by atoms with Gasteiger partial charge in [-0.05, 0) is 6.42 Å². The Morgan fingerprint density at radius 1 is 1.36 bits per heavy atom. The molecule has 0 aliphatic rings. The number of hydrogen-bond acceptors (Lipinski definition) is 2. The van der Waals surface area contributed by atoms with E-state index in [9.17, 15) is 4.79 Å². The summed E-state index contributed by atoms with van der Waals surface area (Å²) in [4.78, 5) is 11.6. The summed E-state index contributed by atoms with van der Waals surface area (Å²) in [6.07, 6.45) is 3.05. The molecule has 2 nitrogen and oxygen atoms in total. The van der Waals surface area contributed by atoms with Crippen LogP contribution < -0.4 is 0 Å². The molecule has 0 saturated heterocycles. The topological polar surface area (TPSA) is 30.2 Å². The number of carbonyl (C=O) groups excluding carboxylic acids is 1. The number of benzene rings is 1. The van der Waals surface area contributed by atoms with Crippen LogP contribution in [0.25, 0.3) is 10.8 Å². The van der Waals surface area contributed by atoms with E-state index < -0.39 is 0 Å². The molecule has 2 heteroatoms. The summed E-state index contributed by atoms with van der Waals surface area (Å²) in [6, 6.07) is 7.72. The van der Waals surface area contributed by atoms with Crippen molar-refractivity contribution in [3.63, 3.8) is 0 Å². The summed E-state index contributed by atoms with van der Waals surface area (Å²) in [5.74, 6) is 0.594. The van der Waals surface area contributed by atoms with Gasteiger partial charge in [-0.2, -0.15) is 0 Å². The molecule has 1 aromatic heterocycles. The minimum absolute atomic E-state index is 0.0914. The number of rotatable bonds is 3. The predicted molar refractivity (Wildman–Crippen MR) is 55.5 cm³/mol. The van der Waals surface area contributed by atoms with Crippen LogP contribution in [0.5, 0.6) is 0 Å². The number of furan rings is 1. The van der Waals surface area contributed by atoms with Crippen molar-refractivity contribution in [1.29, 1.82) is 0 Å². The third-order valence-corrected chi connectivity index (χ3v) is 2.24. The van der Waals surface area contributed by atoms with Crippen LogP contribution >= 0.6 is 0 Å². The fourth-order valence-corrected chi connectivity index (χ4v) is 1.55. The van der Waals surface area contributed by atoms with Crippen LogP contribution in [0.4, 0.5) is 0 Å². The second-order valence-corrected chi connectivity index (χ2v) is 3.33. The lowest BCUT2D eigenvalue weighted by Crippen LogP contribution is -1.95. The van der Waals surface area contributed by atoms with Crippen LogP contribution in [0.15, 0.2) is 34.9 Å². The minimum Gasteiger partial charge on any atom is -0.460 e.